The van der Waals surface area contributed by atoms with Gasteiger partial charge in [-0.15, -0.1) is 0 Å². The fourth-order valence-corrected chi connectivity index (χ4v) is 3.41. The number of H-pyrrole nitrogens is 1. The van der Waals surface area contributed by atoms with Gasteiger partial charge in [0.2, 0.25) is 0 Å². The molecule has 3 rings (SSSR count). The highest BCUT2D eigenvalue weighted by Gasteiger charge is 2.25. The zero-order valence-electron chi connectivity index (χ0n) is 14.2. The summed E-state index contributed by atoms with van der Waals surface area (Å²) in [6.45, 7) is 5.50. The number of halogens is 1. The first-order valence-corrected chi connectivity index (χ1v) is 9.00. The highest BCUT2D eigenvalue weighted by atomic mass is 79.9. The van der Waals surface area contributed by atoms with E-state index in [2.05, 4.69) is 35.8 Å². The van der Waals surface area contributed by atoms with E-state index in [-0.39, 0.29) is 17.8 Å². The van der Waals surface area contributed by atoms with E-state index in [1.807, 2.05) is 6.92 Å². The molecule has 0 spiro atoms. The van der Waals surface area contributed by atoms with E-state index in [0.29, 0.717) is 35.5 Å². The van der Waals surface area contributed by atoms with E-state index >= 15 is 0 Å². The van der Waals surface area contributed by atoms with E-state index in [9.17, 15) is 9.59 Å². The molecule has 1 N–H and O–H groups in total. The molecule has 25 heavy (non-hydrogen) atoms. The zero-order valence-corrected chi connectivity index (χ0v) is 15.8. The van der Waals surface area contributed by atoms with Gasteiger partial charge >= 0.3 is 11.8 Å². The molecule has 3 heterocycles. The summed E-state index contributed by atoms with van der Waals surface area (Å²) in [7, 11) is 1.39. The van der Waals surface area contributed by atoms with Crippen molar-refractivity contribution in [2.45, 2.75) is 19.4 Å². The number of ether oxygens (including phenoxy) is 1. The second-order valence-electron chi connectivity index (χ2n) is 5.98. The van der Waals surface area contributed by atoms with Gasteiger partial charge in [0.1, 0.15) is 4.60 Å². The highest BCUT2D eigenvalue weighted by Crippen LogP contribution is 2.18. The van der Waals surface area contributed by atoms with Gasteiger partial charge in [-0.3, -0.25) is 14.5 Å². The smallest absolute Gasteiger partial charge is 0.409 e. The Morgan fingerprint density at radius 1 is 1.40 bits per heavy atom. The third-order valence-electron chi connectivity index (χ3n) is 4.51. The van der Waals surface area contributed by atoms with Crippen LogP contribution in [0, 0.1) is 0 Å². The molecule has 1 saturated heterocycles. The van der Waals surface area contributed by atoms with Crippen LogP contribution in [0.25, 0.3) is 11.3 Å². The van der Waals surface area contributed by atoms with Gasteiger partial charge in [0, 0.05) is 32.7 Å². The number of amides is 1. The van der Waals surface area contributed by atoms with E-state index in [1.54, 1.807) is 15.7 Å². The number of methoxy groups -OCH3 is 1. The lowest BCUT2D eigenvalue weighted by atomic mass is 10.2. The van der Waals surface area contributed by atoms with Gasteiger partial charge in [-0.2, -0.15) is 0 Å². The molecular formula is C15H21BrN6O3. The molecule has 1 amide bonds. The lowest BCUT2D eigenvalue weighted by Crippen LogP contribution is -2.50. The first-order valence-electron chi connectivity index (χ1n) is 8.21. The number of nitrogens with zero attached hydrogens (tertiary/aromatic N) is 5. The fraction of sp³-hybridized carbons (Fsp3) is 0.600. The maximum atomic E-state index is 12.4. The van der Waals surface area contributed by atoms with Crippen LogP contribution in [0.2, 0.25) is 0 Å². The van der Waals surface area contributed by atoms with Crippen molar-refractivity contribution in [3.63, 3.8) is 0 Å². The van der Waals surface area contributed by atoms with E-state index in [4.69, 9.17) is 4.74 Å². The number of nitrogens with one attached hydrogen (secondary N) is 1. The van der Waals surface area contributed by atoms with Crippen molar-refractivity contribution < 1.29 is 9.53 Å². The molecule has 0 saturated carbocycles. The Kier molecular flexibility index (Phi) is 5.38. The Labute approximate surface area is 153 Å². The number of aromatic amines is 1. The summed E-state index contributed by atoms with van der Waals surface area (Å²) in [5.41, 5.74) is 0.842. The van der Waals surface area contributed by atoms with Gasteiger partial charge in [0.05, 0.1) is 19.3 Å². The molecule has 0 aromatic carbocycles. The fourth-order valence-electron chi connectivity index (χ4n) is 3.14. The topological polar surface area (TPSA) is 96.3 Å². The average molecular weight is 413 g/mol. The third kappa shape index (κ3) is 3.69. The number of rotatable bonds is 4. The summed E-state index contributed by atoms with van der Waals surface area (Å²) < 4.78 is 7.03. The van der Waals surface area contributed by atoms with Crippen molar-refractivity contribution in [3.8, 4) is 0 Å². The van der Waals surface area contributed by atoms with Gasteiger partial charge in [-0.05, 0) is 22.4 Å². The molecule has 2 aromatic rings. The minimum atomic E-state index is -0.292. The van der Waals surface area contributed by atoms with Crippen molar-refractivity contribution in [2.24, 2.45) is 0 Å². The number of carbonyl (C=O) groups excluding carboxylic acids is 1. The molecule has 0 aliphatic carbocycles. The Morgan fingerprint density at radius 2 is 2.12 bits per heavy atom. The molecule has 0 radical (unpaired) electrons. The number of fused-ring (bicyclic) bond motifs is 1. The lowest BCUT2D eigenvalue weighted by molar-refractivity contribution is 0.0858. The van der Waals surface area contributed by atoms with Crippen LogP contribution < -0.4 is 5.69 Å². The minimum absolute atomic E-state index is 0.0190. The maximum Gasteiger partial charge on any atom is 0.409 e. The Hall–Kier alpha value is -1.94. The molecular weight excluding hydrogens is 392 g/mol. The molecule has 1 aliphatic heterocycles. The van der Waals surface area contributed by atoms with Crippen LogP contribution in [0.4, 0.5) is 4.79 Å². The van der Waals surface area contributed by atoms with Gasteiger partial charge in [-0.1, -0.05) is 6.92 Å². The SMILES string of the molecule is CCC(CN1CCN(C(=O)OC)CC1)n1c(=O)[nH]c2ncc(Br)nc21. The summed E-state index contributed by atoms with van der Waals surface area (Å²) in [6.07, 6.45) is 2.06. The average Bonchev–Trinajstić information content (AvgIpc) is 2.94. The second-order valence-corrected chi connectivity index (χ2v) is 6.80. The van der Waals surface area contributed by atoms with Crippen molar-refractivity contribution in [3.05, 3.63) is 21.3 Å². The first-order chi connectivity index (χ1) is 12.0. The van der Waals surface area contributed by atoms with Crippen LogP contribution in [0.5, 0.6) is 0 Å². The summed E-state index contributed by atoms with van der Waals surface area (Å²) in [6, 6.07) is -0.0190. The molecule has 10 heteroatoms. The predicted octanol–water partition coefficient (Wildman–Crippen LogP) is 1.22. The summed E-state index contributed by atoms with van der Waals surface area (Å²) in [4.78, 5) is 39.3. The van der Waals surface area contributed by atoms with Crippen LogP contribution in [0.15, 0.2) is 15.6 Å². The third-order valence-corrected chi connectivity index (χ3v) is 4.89. The van der Waals surface area contributed by atoms with Crippen molar-refractivity contribution in [2.75, 3.05) is 39.8 Å². The molecule has 136 valence electrons. The van der Waals surface area contributed by atoms with Crippen molar-refractivity contribution in [1.82, 2.24) is 29.3 Å². The van der Waals surface area contributed by atoms with Gasteiger partial charge in [0.15, 0.2) is 11.3 Å². The summed E-state index contributed by atoms with van der Waals surface area (Å²) in [5, 5.41) is 0. The standard InChI is InChI=1S/C15H21BrN6O3/c1-3-10(9-20-4-6-21(7-5-20)15(24)25-2)22-13-12(19-14(22)23)17-8-11(16)18-13/h8,10H,3-7,9H2,1-2H3,(H,17,19,23). The zero-order chi connectivity index (χ0) is 18.0. The van der Waals surface area contributed by atoms with E-state index in [1.165, 1.54) is 7.11 Å². The molecule has 9 nitrogen and oxygen atoms in total. The number of hydrogen-bond donors (Lipinski definition) is 1. The normalized spacial score (nSPS) is 17.0. The highest BCUT2D eigenvalue weighted by molar-refractivity contribution is 9.10. The number of piperazine rings is 1. The van der Waals surface area contributed by atoms with Crippen molar-refractivity contribution >= 4 is 33.3 Å². The predicted molar refractivity (Wildman–Crippen MR) is 95.6 cm³/mol. The Morgan fingerprint density at radius 3 is 2.76 bits per heavy atom. The first kappa shape index (κ1) is 17.9. The van der Waals surface area contributed by atoms with Crippen molar-refractivity contribution in [1.29, 1.82) is 0 Å². The number of imidazole rings is 1. The van der Waals surface area contributed by atoms with E-state index in [0.717, 1.165) is 19.5 Å². The Bertz CT molecular complexity index is 811. The summed E-state index contributed by atoms with van der Waals surface area (Å²) in [5.74, 6) is 0. The molecule has 1 aliphatic rings. The number of carbonyl (C=O) groups is 1. The molecule has 1 fully saturated rings. The van der Waals surface area contributed by atoms with Crippen LogP contribution >= 0.6 is 15.9 Å². The molecule has 0 bridgehead atoms. The summed E-state index contributed by atoms with van der Waals surface area (Å²) >= 11 is 3.31. The molecule has 1 unspecified atom stereocenters. The van der Waals surface area contributed by atoms with Gasteiger partial charge in [-0.25, -0.2) is 19.6 Å². The maximum absolute atomic E-state index is 12.4. The number of hydrogen-bond acceptors (Lipinski definition) is 6. The second kappa shape index (κ2) is 7.52. The quantitative estimate of drug-likeness (QED) is 0.810. The van der Waals surface area contributed by atoms with Crippen LogP contribution in [0.1, 0.15) is 19.4 Å². The Balaban J connectivity index is 1.76. The van der Waals surface area contributed by atoms with Gasteiger partial charge in [0.25, 0.3) is 0 Å². The van der Waals surface area contributed by atoms with E-state index < -0.39 is 0 Å². The molecule has 2 aromatic heterocycles. The van der Waals surface area contributed by atoms with Gasteiger partial charge < -0.3 is 9.64 Å². The monoisotopic (exact) mass is 412 g/mol. The number of aromatic nitrogens is 4. The lowest BCUT2D eigenvalue weighted by Gasteiger charge is -2.35. The van der Waals surface area contributed by atoms with Crippen LogP contribution in [0.3, 0.4) is 0 Å². The largest absolute Gasteiger partial charge is 0.453 e. The van der Waals surface area contributed by atoms with Crippen LogP contribution in [-0.2, 0) is 4.74 Å². The van der Waals surface area contributed by atoms with Crippen LogP contribution in [-0.4, -0.2) is 75.2 Å². The minimum Gasteiger partial charge on any atom is -0.453 e. The molecule has 1 atom stereocenters.